The van der Waals surface area contributed by atoms with E-state index in [0.29, 0.717) is 19.3 Å². The molecule has 27 heavy (non-hydrogen) atoms. The number of hydrogen-bond acceptors (Lipinski definition) is 3. The van der Waals surface area contributed by atoms with Gasteiger partial charge in [0.25, 0.3) is 0 Å². The van der Waals surface area contributed by atoms with Crippen LogP contribution in [0, 0.1) is 6.92 Å². The summed E-state index contributed by atoms with van der Waals surface area (Å²) >= 11 is 0. The van der Waals surface area contributed by atoms with Gasteiger partial charge in [-0.15, -0.1) is 12.4 Å². The van der Waals surface area contributed by atoms with Gasteiger partial charge in [0, 0.05) is 12.6 Å². The van der Waals surface area contributed by atoms with Gasteiger partial charge in [-0.2, -0.15) is 0 Å². The minimum atomic E-state index is 0. The first-order valence-corrected chi connectivity index (χ1v) is 9.92. The van der Waals surface area contributed by atoms with E-state index in [1.54, 1.807) is 0 Å². The third-order valence-electron chi connectivity index (χ3n) is 5.02. The van der Waals surface area contributed by atoms with E-state index >= 15 is 0 Å². The van der Waals surface area contributed by atoms with Gasteiger partial charge in [0.05, 0.1) is 6.61 Å². The minimum Gasteiger partial charge on any atom is -0.490 e. The van der Waals surface area contributed by atoms with Crippen LogP contribution in [0.1, 0.15) is 55.7 Å². The van der Waals surface area contributed by atoms with Crippen molar-refractivity contribution in [2.24, 2.45) is 0 Å². The second-order valence-corrected chi connectivity index (χ2v) is 7.20. The lowest BCUT2D eigenvalue weighted by atomic mass is 9.95. The average molecular weight is 390 g/mol. The maximum Gasteiger partial charge on any atom is 0.161 e. The Morgan fingerprint density at radius 2 is 1.59 bits per heavy atom. The van der Waals surface area contributed by atoms with E-state index in [9.17, 15) is 0 Å². The molecule has 3 rings (SSSR count). The highest BCUT2D eigenvalue weighted by Gasteiger charge is 2.13. The zero-order chi connectivity index (χ0) is 18.2. The Bertz CT molecular complexity index is 681. The summed E-state index contributed by atoms with van der Waals surface area (Å²) in [4.78, 5) is 0. The largest absolute Gasteiger partial charge is 0.490 e. The molecule has 148 valence electrons. The van der Waals surface area contributed by atoms with E-state index < -0.39 is 0 Å². The molecule has 2 aromatic carbocycles. The number of nitrogens with one attached hydrogen (secondary N) is 1. The predicted molar refractivity (Wildman–Crippen MR) is 114 cm³/mol. The third kappa shape index (κ3) is 6.75. The molecule has 2 aromatic rings. The van der Waals surface area contributed by atoms with Crippen molar-refractivity contribution in [3.8, 4) is 11.5 Å². The van der Waals surface area contributed by atoms with Crippen molar-refractivity contribution >= 4 is 12.4 Å². The molecule has 0 aromatic heterocycles. The Balaban J connectivity index is 0.00000261. The Kier molecular flexibility index (Phi) is 8.96. The number of rotatable bonds is 8. The van der Waals surface area contributed by atoms with E-state index in [4.69, 9.17) is 9.47 Å². The quantitative estimate of drug-likeness (QED) is 0.617. The van der Waals surface area contributed by atoms with Crippen LogP contribution in [0.5, 0.6) is 11.5 Å². The van der Waals surface area contributed by atoms with Crippen LogP contribution in [-0.2, 0) is 13.2 Å². The molecule has 0 spiro atoms. The first kappa shape index (κ1) is 21.6. The zero-order valence-corrected chi connectivity index (χ0v) is 17.3. The lowest BCUT2D eigenvalue weighted by Gasteiger charge is -2.23. The molecule has 0 amide bonds. The van der Waals surface area contributed by atoms with Crippen molar-refractivity contribution < 1.29 is 9.47 Å². The maximum atomic E-state index is 6.02. The lowest BCUT2D eigenvalue weighted by molar-refractivity contribution is 0.269. The van der Waals surface area contributed by atoms with Gasteiger partial charge in [0.1, 0.15) is 6.61 Å². The van der Waals surface area contributed by atoms with Crippen LogP contribution in [0.2, 0.25) is 0 Å². The molecule has 1 fully saturated rings. The van der Waals surface area contributed by atoms with E-state index in [0.717, 1.165) is 18.0 Å². The van der Waals surface area contributed by atoms with E-state index in [-0.39, 0.29) is 12.4 Å². The predicted octanol–water partition coefficient (Wildman–Crippen LogP) is 5.82. The summed E-state index contributed by atoms with van der Waals surface area (Å²) in [5, 5.41) is 3.69. The Morgan fingerprint density at radius 3 is 2.30 bits per heavy atom. The molecular weight excluding hydrogens is 358 g/mol. The molecule has 0 bridgehead atoms. The average Bonchev–Trinajstić information content (AvgIpc) is 2.68. The van der Waals surface area contributed by atoms with Crippen LogP contribution in [0.4, 0.5) is 0 Å². The number of ether oxygens (including phenoxy) is 2. The standard InChI is InChI=1S/C23H31NO2.ClH/c1-3-25-23-15-20(16-24-21-7-5-4-6-8-21)13-14-22(23)26-17-19-11-9-18(2)10-12-19;/h9-15,21,24H,3-8,16-17H2,1-2H3;1H. The van der Waals surface area contributed by atoms with Crippen molar-refractivity contribution in [2.75, 3.05) is 6.61 Å². The molecule has 1 saturated carbocycles. The van der Waals surface area contributed by atoms with Crippen LogP contribution in [-0.4, -0.2) is 12.6 Å². The monoisotopic (exact) mass is 389 g/mol. The van der Waals surface area contributed by atoms with Crippen LogP contribution in [0.25, 0.3) is 0 Å². The van der Waals surface area contributed by atoms with Crippen molar-refractivity contribution in [1.29, 1.82) is 0 Å². The Labute approximate surface area is 169 Å². The lowest BCUT2D eigenvalue weighted by Crippen LogP contribution is -2.30. The van der Waals surface area contributed by atoms with E-state index in [2.05, 4.69) is 48.6 Å². The first-order valence-electron chi connectivity index (χ1n) is 9.92. The van der Waals surface area contributed by atoms with E-state index in [1.807, 2.05) is 13.0 Å². The minimum absolute atomic E-state index is 0. The number of aryl methyl sites for hydroxylation is 1. The third-order valence-corrected chi connectivity index (χ3v) is 5.02. The van der Waals surface area contributed by atoms with Gasteiger partial charge in [-0.1, -0.05) is 55.2 Å². The SMILES string of the molecule is CCOc1cc(CNC2CCCCC2)ccc1OCc1ccc(C)cc1.Cl. The molecule has 3 nitrogen and oxygen atoms in total. The van der Waals surface area contributed by atoms with Crippen molar-refractivity contribution in [3.05, 3.63) is 59.2 Å². The zero-order valence-electron chi connectivity index (χ0n) is 16.5. The second-order valence-electron chi connectivity index (χ2n) is 7.20. The van der Waals surface area contributed by atoms with Crippen molar-refractivity contribution in [2.45, 2.75) is 65.1 Å². The van der Waals surface area contributed by atoms with E-state index in [1.165, 1.54) is 48.8 Å². The molecule has 0 aliphatic heterocycles. The van der Waals surface area contributed by atoms with Crippen LogP contribution < -0.4 is 14.8 Å². The van der Waals surface area contributed by atoms with Gasteiger partial charge in [-0.05, 0) is 49.9 Å². The maximum absolute atomic E-state index is 6.02. The first-order chi connectivity index (χ1) is 12.7. The van der Waals surface area contributed by atoms with Crippen molar-refractivity contribution in [1.82, 2.24) is 5.32 Å². The summed E-state index contributed by atoms with van der Waals surface area (Å²) in [6.07, 6.45) is 6.70. The Hall–Kier alpha value is -1.71. The van der Waals surface area contributed by atoms with Gasteiger partial charge >= 0.3 is 0 Å². The summed E-state index contributed by atoms with van der Waals surface area (Å²) in [7, 11) is 0. The highest BCUT2D eigenvalue weighted by atomic mass is 35.5. The van der Waals surface area contributed by atoms with Gasteiger partial charge in [-0.25, -0.2) is 0 Å². The fourth-order valence-electron chi connectivity index (χ4n) is 3.46. The number of benzene rings is 2. The molecule has 0 saturated heterocycles. The Morgan fingerprint density at radius 1 is 0.889 bits per heavy atom. The van der Waals surface area contributed by atoms with Crippen LogP contribution >= 0.6 is 12.4 Å². The summed E-state index contributed by atoms with van der Waals surface area (Å²) < 4.78 is 11.8. The van der Waals surface area contributed by atoms with Gasteiger partial charge in [0.15, 0.2) is 11.5 Å². The molecule has 0 unspecified atom stereocenters. The molecule has 1 N–H and O–H groups in total. The smallest absolute Gasteiger partial charge is 0.161 e. The number of halogens is 1. The summed E-state index contributed by atoms with van der Waals surface area (Å²) in [6, 6.07) is 15.4. The highest BCUT2D eigenvalue weighted by molar-refractivity contribution is 5.85. The van der Waals surface area contributed by atoms with Gasteiger partial charge in [0.2, 0.25) is 0 Å². The second kappa shape index (κ2) is 11.2. The molecule has 4 heteroatoms. The van der Waals surface area contributed by atoms with Crippen LogP contribution in [0.15, 0.2) is 42.5 Å². The van der Waals surface area contributed by atoms with Gasteiger partial charge < -0.3 is 14.8 Å². The number of hydrogen-bond donors (Lipinski definition) is 1. The normalized spacial score (nSPS) is 14.4. The molecule has 0 heterocycles. The topological polar surface area (TPSA) is 30.5 Å². The molecule has 0 radical (unpaired) electrons. The molecule has 0 atom stereocenters. The molecular formula is C23H32ClNO2. The summed E-state index contributed by atoms with van der Waals surface area (Å²) in [5.74, 6) is 1.65. The molecule has 1 aliphatic carbocycles. The van der Waals surface area contributed by atoms with Crippen LogP contribution in [0.3, 0.4) is 0 Å². The van der Waals surface area contributed by atoms with Crippen molar-refractivity contribution in [3.63, 3.8) is 0 Å². The fraction of sp³-hybridized carbons (Fsp3) is 0.478. The highest BCUT2D eigenvalue weighted by Crippen LogP contribution is 2.29. The van der Waals surface area contributed by atoms with Gasteiger partial charge in [-0.3, -0.25) is 0 Å². The summed E-state index contributed by atoms with van der Waals surface area (Å²) in [6.45, 7) is 6.19. The molecule has 1 aliphatic rings. The summed E-state index contributed by atoms with van der Waals surface area (Å²) in [5.41, 5.74) is 3.68. The fourth-order valence-corrected chi connectivity index (χ4v) is 3.46.